The maximum absolute atomic E-state index is 14.3. The van der Waals surface area contributed by atoms with Crippen molar-refractivity contribution in [1.29, 1.82) is 0 Å². The second kappa shape index (κ2) is 19.7. The number of carbonyl (C=O) groups excluding carboxylic acids is 1. The SMILES string of the molecule is CC[C@H]1OC(=O)[C@H](C)[C@@H](O[C@H]2C[C@@](C)(OC)[C@@H](O)[C@H](C)O2)[C@H](C)[C@@H](O[C@@H]2O[C@H](C)C[C@H](N(C)C)[C@H]2O)[C@](C)(O)C[C@@H](C)CN(CCC(=O)O)[C@H](C)[C@@H](O)[C@]1(C)O. The van der Waals surface area contributed by atoms with E-state index in [1.54, 1.807) is 53.4 Å². The van der Waals surface area contributed by atoms with Gasteiger partial charge in [-0.3, -0.25) is 14.5 Å². The van der Waals surface area contributed by atoms with Crippen LogP contribution in [0.1, 0.15) is 101 Å². The fraction of sp³-hybridized carbons (Fsp3) is 0.950. The molecule has 3 aliphatic heterocycles. The van der Waals surface area contributed by atoms with Crippen molar-refractivity contribution < 1.29 is 68.6 Å². The van der Waals surface area contributed by atoms with Crippen molar-refractivity contribution >= 4 is 11.9 Å². The minimum Gasteiger partial charge on any atom is -0.481 e. The second-order valence-corrected chi connectivity index (χ2v) is 17.9. The molecule has 0 saturated carbocycles. The van der Waals surface area contributed by atoms with Gasteiger partial charge in [-0.25, -0.2) is 0 Å². The third-order valence-electron chi connectivity index (χ3n) is 12.6. The van der Waals surface area contributed by atoms with E-state index in [2.05, 4.69) is 0 Å². The van der Waals surface area contributed by atoms with Crippen LogP contribution >= 0.6 is 0 Å². The molecule has 16 heteroatoms. The molecule has 0 aromatic carbocycles. The number of aliphatic hydroxyl groups excluding tert-OH is 3. The van der Waals surface area contributed by atoms with E-state index in [0.29, 0.717) is 6.42 Å². The first kappa shape index (κ1) is 48.8. The van der Waals surface area contributed by atoms with E-state index in [0.717, 1.165) is 0 Å². The Labute approximate surface area is 333 Å². The number of hydrogen-bond donors (Lipinski definition) is 6. The van der Waals surface area contributed by atoms with Crippen LogP contribution in [0.3, 0.4) is 0 Å². The molecular weight excluding hydrogens is 732 g/mol. The Kier molecular flexibility index (Phi) is 17.2. The van der Waals surface area contributed by atoms with Gasteiger partial charge in [0.2, 0.25) is 0 Å². The summed E-state index contributed by atoms with van der Waals surface area (Å²) in [6.45, 7) is 17.3. The number of hydrogen-bond acceptors (Lipinski definition) is 15. The van der Waals surface area contributed by atoms with Crippen molar-refractivity contribution in [1.82, 2.24) is 9.80 Å². The first-order chi connectivity index (χ1) is 25.8. The van der Waals surface area contributed by atoms with Gasteiger partial charge in [-0.2, -0.15) is 0 Å². The Bertz CT molecular complexity index is 1270. The highest BCUT2D eigenvalue weighted by atomic mass is 16.7. The molecule has 0 unspecified atom stereocenters. The molecule has 3 rings (SSSR count). The molecule has 0 aromatic rings. The van der Waals surface area contributed by atoms with Gasteiger partial charge in [0, 0.05) is 44.6 Å². The summed E-state index contributed by atoms with van der Waals surface area (Å²) in [6, 6.07) is -1.11. The van der Waals surface area contributed by atoms with Crippen molar-refractivity contribution in [2.75, 3.05) is 34.3 Å². The van der Waals surface area contributed by atoms with Crippen LogP contribution in [0.4, 0.5) is 0 Å². The number of nitrogens with zero attached hydrogens (tertiary/aromatic N) is 2. The van der Waals surface area contributed by atoms with E-state index in [1.807, 2.05) is 32.8 Å². The molecule has 3 saturated heterocycles. The predicted octanol–water partition coefficient (Wildman–Crippen LogP) is 1.75. The normalized spacial score (nSPS) is 46.8. The summed E-state index contributed by atoms with van der Waals surface area (Å²) in [6.07, 6.45) is -9.54. The number of ether oxygens (including phenoxy) is 6. The lowest BCUT2D eigenvalue weighted by molar-refractivity contribution is -0.318. The summed E-state index contributed by atoms with van der Waals surface area (Å²) in [5.74, 6) is -4.04. The van der Waals surface area contributed by atoms with Crippen molar-refractivity contribution in [2.45, 2.75) is 192 Å². The molecular formula is C40H74N2O14. The summed E-state index contributed by atoms with van der Waals surface area (Å²) in [5, 5.41) is 68.3. The maximum atomic E-state index is 14.3. The minimum atomic E-state index is -1.96. The van der Waals surface area contributed by atoms with Crippen LogP contribution in [0.2, 0.25) is 0 Å². The van der Waals surface area contributed by atoms with Crippen LogP contribution in [0.5, 0.6) is 0 Å². The average Bonchev–Trinajstić information content (AvgIpc) is 3.11. The van der Waals surface area contributed by atoms with Crippen LogP contribution in [-0.2, 0) is 38.0 Å². The van der Waals surface area contributed by atoms with Crippen LogP contribution < -0.4 is 0 Å². The quantitative estimate of drug-likeness (QED) is 0.173. The Morgan fingerprint density at radius 1 is 0.964 bits per heavy atom. The number of esters is 1. The van der Waals surface area contributed by atoms with Crippen LogP contribution in [0.25, 0.3) is 0 Å². The monoisotopic (exact) mass is 807 g/mol. The fourth-order valence-electron chi connectivity index (χ4n) is 9.14. The van der Waals surface area contributed by atoms with Crippen molar-refractivity contribution in [2.24, 2.45) is 17.8 Å². The molecule has 3 aliphatic rings. The van der Waals surface area contributed by atoms with E-state index in [1.165, 1.54) is 14.0 Å². The first-order valence-corrected chi connectivity index (χ1v) is 20.3. The van der Waals surface area contributed by atoms with Gasteiger partial charge in [0.25, 0.3) is 0 Å². The van der Waals surface area contributed by atoms with Crippen LogP contribution in [-0.4, -0.2) is 177 Å². The molecule has 0 aliphatic carbocycles. The summed E-state index contributed by atoms with van der Waals surface area (Å²) >= 11 is 0. The number of likely N-dealkylation sites (N-methyl/N-ethyl adjacent to an activating group) is 1. The molecule has 0 bridgehead atoms. The molecule has 0 radical (unpaired) electrons. The number of carboxylic acids is 1. The van der Waals surface area contributed by atoms with E-state index in [-0.39, 0.29) is 56.8 Å². The lowest BCUT2D eigenvalue weighted by Crippen LogP contribution is -2.60. The average molecular weight is 807 g/mol. The highest BCUT2D eigenvalue weighted by Crippen LogP contribution is 2.40. The van der Waals surface area contributed by atoms with Gasteiger partial charge < -0.3 is 64.0 Å². The number of rotatable bonds is 10. The Morgan fingerprint density at radius 2 is 1.59 bits per heavy atom. The molecule has 16 nitrogen and oxygen atoms in total. The van der Waals surface area contributed by atoms with Gasteiger partial charge in [-0.1, -0.05) is 20.8 Å². The standard InChI is InChI=1S/C40H74N2O14/c1-14-28-40(10,50)33(46)25(6)42(16-15-29(43)44)20-21(2)18-38(8,49)35(56-37-31(45)27(41(11)12)17-22(3)52-37)23(4)32(24(5)36(48)54-28)55-30-19-39(9,51-13)34(47)26(7)53-30/h21-28,30-35,37,45-47,49-50H,14-20H2,1-13H3,(H,43,44)/t21-,22-,23+,24-,25-,26+,27+,28-,30+,31-,32+,33-,34+,35-,37+,38-,39-,40-/m1/s1. The van der Waals surface area contributed by atoms with Crippen molar-refractivity contribution in [3.8, 4) is 0 Å². The molecule has 3 fully saturated rings. The lowest BCUT2D eigenvalue weighted by Gasteiger charge is -2.48. The van der Waals surface area contributed by atoms with Crippen LogP contribution in [0.15, 0.2) is 0 Å². The zero-order valence-electron chi connectivity index (χ0n) is 36.0. The van der Waals surface area contributed by atoms with Gasteiger partial charge in [0.05, 0.1) is 48.0 Å². The Balaban J connectivity index is 2.21. The first-order valence-electron chi connectivity index (χ1n) is 20.3. The van der Waals surface area contributed by atoms with Gasteiger partial charge in [0.15, 0.2) is 12.6 Å². The predicted molar refractivity (Wildman–Crippen MR) is 205 cm³/mol. The zero-order valence-corrected chi connectivity index (χ0v) is 36.0. The number of methoxy groups -OCH3 is 1. The summed E-state index contributed by atoms with van der Waals surface area (Å²) in [4.78, 5) is 29.7. The number of aliphatic carboxylic acids is 1. The smallest absolute Gasteiger partial charge is 0.311 e. The van der Waals surface area contributed by atoms with Gasteiger partial charge in [0.1, 0.15) is 30.0 Å². The maximum Gasteiger partial charge on any atom is 0.311 e. The summed E-state index contributed by atoms with van der Waals surface area (Å²) in [7, 11) is 5.20. The number of carboxylic acid groups (broad SMARTS) is 1. The van der Waals surface area contributed by atoms with E-state index in [4.69, 9.17) is 28.4 Å². The highest BCUT2D eigenvalue weighted by Gasteiger charge is 2.53. The van der Waals surface area contributed by atoms with Crippen molar-refractivity contribution in [3.05, 3.63) is 0 Å². The lowest BCUT2D eigenvalue weighted by atomic mass is 9.77. The minimum absolute atomic E-state index is 0.0385. The number of carbonyl (C=O) groups is 2. The molecule has 0 aromatic heterocycles. The molecule has 0 spiro atoms. The topological polar surface area (TPSA) is 217 Å². The molecule has 18 atom stereocenters. The molecule has 328 valence electrons. The second-order valence-electron chi connectivity index (χ2n) is 17.9. The van der Waals surface area contributed by atoms with Crippen LogP contribution in [0, 0.1) is 17.8 Å². The largest absolute Gasteiger partial charge is 0.481 e. The third kappa shape index (κ3) is 11.4. The van der Waals surface area contributed by atoms with Crippen molar-refractivity contribution in [3.63, 3.8) is 0 Å². The zero-order chi connectivity index (χ0) is 42.7. The van der Waals surface area contributed by atoms with Gasteiger partial charge >= 0.3 is 11.9 Å². The molecule has 3 heterocycles. The molecule has 6 N–H and O–H groups in total. The summed E-state index contributed by atoms with van der Waals surface area (Å²) < 4.78 is 37.5. The number of cyclic esters (lactones) is 1. The van der Waals surface area contributed by atoms with Gasteiger partial charge in [-0.15, -0.1) is 0 Å². The highest BCUT2D eigenvalue weighted by molar-refractivity contribution is 5.73. The Morgan fingerprint density at radius 3 is 2.14 bits per heavy atom. The van der Waals surface area contributed by atoms with Gasteiger partial charge in [-0.05, 0) is 87.7 Å². The number of aliphatic hydroxyl groups is 5. The fourth-order valence-corrected chi connectivity index (χ4v) is 9.14. The van der Waals surface area contributed by atoms with E-state index < -0.39 is 102 Å². The van der Waals surface area contributed by atoms with E-state index in [9.17, 15) is 40.2 Å². The third-order valence-corrected chi connectivity index (χ3v) is 12.6. The summed E-state index contributed by atoms with van der Waals surface area (Å²) in [5.41, 5.74) is -4.70. The molecule has 56 heavy (non-hydrogen) atoms. The Hall–Kier alpha value is -1.54. The van der Waals surface area contributed by atoms with E-state index >= 15 is 0 Å². The molecule has 0 amide bonds.